The van der Waals surface area contributed by atoms with Crippen molar-refractivity contribution in [3.8, 4) is 5.75 Å². The third kappa shape index (κ3) is 4.35. The number of carbonyl (C=O) groups is 1. The Bertz CT molecular complexity index is 1200. The molecule has 9 heteroatoms. The SMILES string of the molecule is Cc1cc2nnc(SCC(=O)NCc3ccc(OC(F)F)cc3)n2c2ccccc12. The predicted molar refractivity (Wildman–Crippen MR) is 111 cm³/mol. The fourth-order valence-electron chi connectivity index (χ4n) is 3.14. The summed E-state index contributed by atoms with van der Waals surface area (Å²) in [6.45, 7) is -0.539. The quantitative estimate of drug-likeness (QED) is 0.447. The standard InChI is InChI=1S/C21H18F2N4O2S/c1-13-10-18-25-26-21(27(18)17-5-3-2-4-16(13)17)30-12-19(28)24-11-14-6-8-15(9-7-14)29-20(22)23/h2-10,20H,11-12H2,1H3,(H,24,28). The molecule has 0 atom stereocenters. The summed E-state index contributed by atoms with van der Waals surface area (Å²) in [6.07, 6.45) is 0. The molecule has 30 heavy (non-hydrogen) atoms. The van der Waals surface area contributed by atoms with Gasteiger partial charge in [0.05, 0.1) is 11.3 Å². The number of thioether (sulfide) groups is 1. The average molecular weight is 428 g/mol. The van der Waals surface area contributed by atoms with E-state index in [9.17, 15) is 13.6 Å². The number of nitrogens with zero attached hydrogens (tertiary/aromatic N) is 3. The molecule has 0 aliphatic carbocycles. The number of alkyl halides is 2. The zero-order chi connectivity index (χ0) is 21.1. The fraction of sp³-hybridized carbons (Fsp3) is 0.190. The van der Waals surface area contributed by atoms with Crippen LogP contribution in [-0.4, -0.2) is 32.9 Å². The van der Waals surface area contributed by atoms with Gasteiger partial charge in [0.2, 0.25) is 5.91 Å². The van der Waals surface area contributed by atoms with Crippen LogP contribution in [0, 0.1) is 6.92 Å². The van der Waals surface area contributed by atoms with Crippen LogP contribution >= 0.6 is 11.8 Å². The van der Waals surface area contributed by atoms with Crippen LogP contribution in [0.4, 0.5) is 8.78 Å². The van der Waals surface area contributed by atoms with Crippen molar-refractivity contribution < 1.29 is 18.3 Å². The number of rotatable bonds is 7. The van der Waals surface area contributed by atoms with Gasteiger partial charge in [0.1, 0.15) is 5.75 Å². The maximum atomic E-state index is 12.3. The molecule has 1 amide bonds. The molecule has 2 aromatic carbocycles. The summed E-state index contributed by atoms with van der Waals surface area (Å²) < 4.78 is 30.6. The molecule has 0 unspecified atom stereocenters. The van der Waals surface area contributed by atoms with Gasteiger partial charge >= 0.3 is 6.61 Å². The molecular formula is C21H18F2N4O2S. The van der Waals surface area contributed by atoms with Gasteiger partial charge in [-0.15, -0.1) is 10.2 Å². The molecule has 0 fully saturated rings. The van der Waals surface area contributed by atoms with Gasteiger partial charge in [-0.2, -0.15) is 8.78 Å². The van der Waals surface area contributed by atoms with Crippen molar-refractivity contribution in [3.05, 3.63) is 65.7 Å². The van der Waals surface area contributed by atoms with Crippen LogP contribution in [0.1, 0.15) is 11.1 Å². The third-order valence-corrected chi connectivity index (χ3v) is 5.47. The molecule has 0 saturated carbocycles. The van der Waals surface area contributed by atoms with Gasteiger partial charge in [0, 0.05) is 11.9 Å². The molecule has 0 saturated heterocycles. The van der Waals surface area contributed by atoms with Gasteiger partial charge < -0.3 is 10.1 Å². The number of nitrogens with one attached hydrogen (secondary N) is 1. The maximum Gasteiger partial charge on any atom is 0.387 e. The number of amides is 1. The van der Waals surface area contributed by atoms with Crippen molar-refractivity contribution in [2.45, 2.75) is 25.2 Å². The van der Waals surface area contributed by atoms with E-state index in [2.05, 4.69) is 20.3 Å². The molecule has 0 radical (unpaired) electrons. The highest BCUT2D eigenvalue weighted by atomic mass is 32.2. The van der Waals surface area contributed by atoms with Gasteiger partial charge in [-0.25, -0.2) is 0 Å². The molecule has 0 bridgehead atoms. The Morgan fingerprint density at radius 3 is 2.70 bits per heavy atom. The Balaban J connectivity index is 1.39. The Morgan fingerprint density at radius 1 is 1.17 bits per heavy atom. The second-order valence-electron chi connectivity index (χ2n) is 6.61. The topological polar surface area (TPSA) is 68.5 Å². The van der Waals surface area contributed by atoms with E-state index in [1.54, 1.807) is 12.1 Å². The number of benzene rings is 2. The van der Waals surface area contributed by atoms with Crippen LogP contribution in [-0.2, 0) is 11.3 Å². The number of para-hydroxylation sites is 1. The number of halogens is 2. The van der Waals surface area contributed by atoms with Gasteiger partial charge in [-0.05, 0) is 42.3 Å². The van der Waals surface area contributed by atoms with Crippen LogP contribution in [0.2, 0.25) is 0 Å². The van der Waals surface area contributed by atoms with Crippen molar-refractivity contribution in [1.29, 1.82) is 0 Å². The smallest absolute Gasteiger partial charge is 0.387 e. The first kappa shape index (κ1) is 20.1. The van der Waals surface area contributed by atoms with E-state index < -0.39 is 6.61 Å². The summed E-state index contributed by atoms with van der Waals surface area (Å²) in [5, 5.41) is 13.0. The molecule has 0 aliphatic rings. The third-order valence-electron chi connectivity index (χ3n) is 4.54. The monoisotopic (exact) mass is 428 g/mol. The van der Waals surface area contributed by atoms with Crippen LogP contribution in [0.3, 0.4) is 0 Å². The van der Waals surface area contributed by atoms with E-state index >= 15 is 0 Å². The lowest BCUT2D eigenvalue weighted by Crippen LogP contribution is -2.24. The van der Waals surface area contributed by atoms with Gasteiger partial charge in [0.25, 0.3) is 0 Å². The number of pyridine rings is 1. The molecule has 154 valence electrons. The minimum atomic E-state index is -2.86. The lowest BCUT2D eigenvalue weighted by Gasteiger charge is -2.08. The van der Waals surface area contributed by atoms with E-state index in [-0.39, 0.29) is 24.0 Å². The number of aryl methyl sites for hydroxylation is 1. The number of carbonyl (C=O) groups excluding carboxylic acids is 1. The summed E-state index contributed by atoms with van der Waals surface area (Å²) in [7, 11) is 0. The van der Waals surface area contributed by atoms with Crippen LogP contribution in [0.25, 0.3) is 16.6 Å². The first-order valence-corrected chi connectivity index (χ1v) is 10.2. The minimum Gasteiger partial charge on any atom is -0.435 e. The molecule has 2 heterocycles. The second kappa shape index (κ2) is 8.66. The number of fused-ring (bicyclic) bond motifs is 3. The zero-order valence-electron chi connectivity index (χ0n) is 16.0. The highest BCUT2D eigenvalue weighted by Gasteiger charge is 2.13. The number of hydrogen-bond acceptors (Lipinski definition) is 5. The van der Waals surface area contributed by atoms with E-state index in [4.69, 9.17) is 0 Å². The Hall–Kier alpha value is -3.20. The highest BCUT2D eigenvalue weighted by molar-refractivity contribution is 7.99. The van der Waals surface area contributed by atoms with Crippen molar-refractivity contribution in [2.24, 2.45) is 0 Å². The van der Waals surface area contributed by atoms with Crippen LogP contribution in [0.15, 0.2) is 59.8 Å². The molecule has 6 nitrogen and oxygen atoms in total. The van der Waals surface area contributed by atoms with E-state index in [0.29, 0.717) is 5.16 Å². The summed E-state index contributed by atoms with van der Waals surface area (Å²) in [4.78, 5) is 12.3. The molecule has 4 rings (SSSR count). The molecule has 4 aromatic rings. The normalized spacial score (nSPS) is 11.3. The molecule has 2 aromatic heterocycles. The van der Waals surface area contributed by atoms with Gasteiger partial charge in [-0.3, -0.25) is 9.20 Å². The number of hydrogen-bond donors (Lipinski definition) is 1. The van der Waals surface area contributed by atoms with Crippen molar-refractivity contribution in [3.63, 3.8) is 0 Å². The van der Waals surface area contributed by atoms with Crippen LogP contribution in [0.5, 0.6) is 5.75 Å². The van der Waals surface area contributed by atoms with E-state index in [0.717, 1.165) is 27.7 Å². The summed E-state index contributed by atoms with van der Waals surface area (Å²) >= 11 is 1.30. The maximum absolute atomic E-state index is 12.3. The second-order valence-corrected chi connectivity index (χ2v) is 7.55. The molecule has 0 spiro atoms. The van der Waals surface area contributed by atoms with Crippen molar-refractivity contribution in [2.75, 3.05) is 5.75 Å². The molecular weight excluding hydrogens is 410 g/mol. The molecule has 1 N–H and O–H groups in total. The van der Waals surface area contributed by atoms with E-state index in [1.807, 2.05) is 41.7 Å². The Morgan fingerprint density at radius 2 is 1.93 bits per heavy atom. The first-order valence-electron chi connectivity index (χ1n) is 9.18. The van der Waals surface area contributed by atoms with Crippen molar-refractivity contribution >= 4 is 34.2 Å². The number of ether oxygens (including phenoxy) is 1. The summed E-state index contributed by atoms with van der Waals surface area (Å²) in [5.74, 6) is 0.0908. The highest BCUT2D eigenvalue weighted by Crippen LogP contribution is 2.25. The molecule has 0 aliphatic heterocycles. The van der Waals surface area contributed by atoms with Gasteiger partial charge in [0.15, 0.2) is 10.8 Å². The summed E-state index contributed by atoms with van der Waals surface area (Å²) in [6, 6.07) is 16.1. The number of aromatic nitrogens is 3. The predicted octanol–water partition coefficient (Wildman–Crippen LogP) is 4.20. The van der Waals surface area contributed by atoms with Gasteiger partial charge in [-0.1, -0.05) is 42.1 Å². The van der Waals surface area contributed by atoms with Crippen molar-refractivity contribution in [1.82, 2.24) is 19.9 Å². The summed E-state index contributed by atoms with van der Waals surface area (Å²) in [5.41, 5.74) is 3.63. The first-order chi connectivity index (χ1) is 14.5. The van der Waals surface area contributed by atoms with Crippen LogP contribution < -0.4 is 10.1 Å². The Kier molecular flexibility index (Phi) is 5.80. The van der Waals surface area contributed by atoms with E-state index in [1.165, 1.54) is 23.9 Å². The Labute approximate surface area is 175 Å². The fourth-order valence-corrected chi connectivity index (χ4v) is 3.92. The average Bonchev–Trinajstić information content (AvgIpc) is 3.14. The lowest BCUT2D eigenvalue weighted by atomic mass is 10.1. The minimum absolute atomic E-state index is 0.0804. The largest absolute Gasteiger partial charge is 0.435 e. The zero-order valence-corrected chi connectivity index (χ0v) is 16.8. The lowest BCUT2D eigenvalue weighted by molar-refractivity contribution is -0.118.